The summed E-state index contributed by atoms with van der Waals surface area (Å²) in [4.78, 5) is 34.5. The van der Waals surface area contributed by atoms with Crippen molar-refractivity contribution in [3.8, 4) is 0 Å². The van der Waals surface area contributed by atoms with Crippen LogP contribution >= 0.6 is 0 Å². The van der Waals surface area contributed by atoms with Crippen LogP contribution in [0.3, 0.4) is 0 Å². The lowest BCUT2D eigenvalue weighted by Crippen LogP contribution is -2.50. The predicted molar refractivity (Wildman–Crippen MR) is 152 cm³/mol. The lowest BCUT2D eigenvalue weighted by atomic mass is 9.88. The Bertz CT molecular complexity index is 1520. The number of carbonyl (C=O) groups is 2. The van der Waals surface area contributed by atoms with E-state index in [1.165, 1.54) is 64.6 Å². The van der Waals surface area contributed by atoms with Gasteiger partial charge in [-0.05, 0) is 65.9 Å². The first-order valence-corrected chi connectivity index (χ1v) is 13.5. The van der Waals surface area contributed by atoms with Crippen molar-refractivity contribution in [2.24, 2.45) is 0 Å². The maximum absolute atomic E-state index is 14.1. The van der Waals surface area contributed by atoms with Crippen molar-refractivity contribution >= 4 is 17.6 Å². The number of carboxylic acids is 1. The highest BCUT2D eigenvalue weighted by Gasteiger charge is 2.40. The Balaban J connectivity index is 1.42. The number of carbonyl (C=O) groups excluding carboxylic acids is 1. The number of imidazole rings is 1. The van der Waals surface area contributed by atoms with Crippen LogP contribution in [0.2, 0.25) is 0 Å². The molecular weight excluding hydrogens is 526 g/mol. The average molecular weight is 559 g/mol. The number of aromatic nitrogens is 2. The van der Waals surface area contributed by atoms with Crippen molar-refractivity contribution in [3.63, 3.8) is 0 Å². The first kappa shape index (κ1) is 28.0. The lowest BCUT2D eigenvalue weighted by Gasteiger charge is -2.35. The zero-order valence-corrected chi connectivity index (χ0v) is 23.2. The molecule has 1 aromatic heterocycles. The monoisotopic (exact) mass is 558 g/mol. The normalized spacial score (nSPS) is 14.7. The minimum Gasteiger partial charge on any atom is -0.480 e. The van der Waals surface area contributed by atoms with Gasteiger partial charge >= 0.3 is 5.97 Å². The van der Waals surface area contributed by atoms with E-state index in [0.717, 1.165) is 17.8 Å². The van der Waals surface area contributed by atoms with E-state index in [-0.39, 0.29) is 13.0 Å². The van der Waals surface area contributed by atoms with E-state index in [4.69, 9.17) is 0 Å². The number of amides is 1. The van der Waals surface area contributed by atoms with Crippen LogP contribution in [0, 0.1) is 18.6 Å². The molecule has 1 aliphatic heterocycles. The molecule has 1 atom stereocenters. The highest BCUT2D eigenvalue weighted by Crippen LogP contribution is 2.32. The SMILES string of the molecule is Cc1cc(CCn2cnc3c2C[C@@H](C(=O)O)N(C(=O)C(c2ccc(F)cc2)c2ccc(F)cc2)C3)ccc1N(C)C. The number of rotatable bonds is 8. The van der Waals surface area contributed by atoms with E-state index < -0.39 is 35.5 Å². The molecule has 1 aliphatic rings. The summed E-state index contributed by atoms with van der Waals surface area (Å²) in [7, 11) is 4.02. The van der Waals surface area contributed by atoms with E-state index in [9.17, 15) is 23.5 Å². The number of aryl methyl sites for hydroxylation is 3. The summed E-state index contributed by atoms with van der Waals surface area (Å²) < 4.78 is 29.4. The number of halogens is 2. The van der Waals surface area contributed by atoms with Gasteiger partial charge < -0.3 is 19.5 Å². The molecular formula is C32H32F2N4O3. The summed E-state index contributed by atoms with van der Waals surface area (Å²) in [6.45, 7) is 2.72. The summed E-state index contributed by atoms with van der Waals surface area (Å²) in [5.74, 6) is -3.44. The second-order valence-electron chi connectivity index (χ2n) is 10.7. The van der Waals surface area contributed by atoms with Crippen LogP contribution in [0.4, 0.5) is 14.5 Å². The summed E-state index contributed by atoms with van der Waals surface area (Å²) in [6.07, 6.45) is 2.56. The number of carboxylic acid groups (broad SMARTS) is 1. The number of hydrogen-bond donors (Lipinski definition) is 1. The fourth-order valence-corrected chi connectivity index (χ4v) is 5.60. The summed E-state index contributed by atoms with van der Waals surface area (Å²) >= 11 is 0. The smallest absolute Gasteiger partial charge is 0.326 e. The van der Waals surface area contributed by atoms with E-state index >= 15 is 0 Å². The fourth-order valence-electron chi connectivity index (χ4n) is 5.60. The van der Waals surface area contributed by atoms with Crippen LogP contribution < -0.4 is 4.90 Å². The fraction of sp³-hybridized carbons (Fsp3) is 0.281. The van der Waals surface area contributed by atoms with Gasteiger partial charge in [0.05, 0.1) is 24.5 Å². The van der Waals surface area contributed by atoms with E-state index in [1.807, 2.05) is 18.7 Å². The minimum atomic E-state index is -1.12. The molecule has 212 valence electrons. The predicted octanol–water partition coefficient (Wildman–Crippen LogP) is 4.95. The second-order valence-corrected chi connectivity index (χ2v) is 10.7. The third kappa shape index (κ3) is 5.84. The number of fused-ring (bicyclic) bond motifs is 1. The summed E-state index contributed by atoms with van der Waals surface area (Å²) in [6, 6.07) is 16.2. The molecule has 0 aliphatic carbocycles. The van der Waals surface area contributed by atoms with Gasteiger partial charge in [0.2, 0.25) is 5.91 Å². The number of hydrogen-bond acceptors (Lipinski definition) is 4. The topological polar surface area (TPSA) is 78.7 Å². The standard InChI is InChI=1S/C32H32F2N4O3/c1-20-16-21(4-13-27(20)36(2)3)14-15-37-19-35-26-18-38(29(32(40)41)17-28(26)37)31(39)30(22-5-9-24(33)10-6-22)23-7-11-25(34)12-8-23/h4-13,16,19,29-30H,14-15,17-18H2,1-3H3,(H,40,41)/t29-/m0/s1. The largest absolute Gasteiger partial charge is 0.480 e. The van der Waals surface area contributed by atoms with Crippen molar-refractivity contribution in [2.45, 2.75) is 44.8 Å². The number of anilines is 1. The van der Waals surface area contributed by atoms with E-state index in [0.29, 0.717) is 23.4 Å². The molecule has 0 saturated carbocycles. The molecule has 7 nitrogen and oxygen atoms in total. The van der Waals surface area contributed by atoms with Gasteiger partial charge in [-0.1, -0.05) is 36.4 Å². The molecule has 4 aromatic rings. The molecule has 0 radical (unpaired) electrons. The van der Waals surface area contributed by atoms with Crippen molar-refractivity contribution in [3.05, 3.63) is 118 Å². The molecule has 3 aromatic carbocycles. The highest BCUT2D eigenvalue weighted by molar-refractivity contribution is 5.91. The minimum absolute atomic E-state index is 0.0215. The third-order valence-electron chi connectivity index (χ3n) is 7.72. The third-order valence-corrected chi connectivity index (χ3v) is 7.72. The van der Waals surface area contributed by atoms with Gasteiger partial charge in [0.1, 0.15) is 17.7 Å². The molecule has 1 amide bonds. The number of benzene rings is 3. The van der Waals surface area contributed by atoms with Gasteiger partial charge in [-0.25, -0.2) is 18.6 Å². The Kier molecular flexibility index (Phi) is 7.88. The number of nitrogens with zero attached hydrogens (tertiary/aromatic N) is 4. The van der Waals surface area contributed by atoms with Gasteiger partial charge in [0.15, 0.2) is 0 Å². The molecule has 9 heteroatoms. The molecule has 1 N–H and O–H groups in total. The average Bonchev–Trinajstić information content (AvgIpc) is 3.35. The Morgan fingerprint density at radius 1 is 1.00 bits per heavy atom. The van der Waals surface area contributed by atoms with Crippen LogP contribution in [0.25, 0.3) is 0 Å². The second kappa shape index (κ2) is 11.5. The van der Waals surface area contributed by atoms with Gasteiger partial charge in [0.25, 0.3) is 0 Å². The van der Waals surface area contributed by atoms with Crippen LogP contribution in [-0.4, -0.2) is 51.6 Å². The van der Waals surface area contributed by atoms with Crippen LogP contribution in [0.15, 0.2) is 73.1 Å². The highest BCUT2D eigenvalue weighted by atomic mass is 19.1. The molecule has 0 bridgehead atoms. The number of aliphatic carboxylic acids is 1. The van der Waals surface area contributed by atoms with Crippen molar-refractivity contribution in [2.75, 3.05) is 19.0 Å². The Hall–Kier alpha value is -4.53. The molecule has 0 saturated heterocycles. The van der Waals surface area contributed by atoms with Crippen molar-refractivity contribution < 1.29 is 23.5 Å². The quantitative estimate of drug-likeness (QED) is 0.331. The van der Waals surface area contributed by atoms with Gasteiger partial charge in [-0.15, -0.1) is 0 Å². The van der Waals surface area contributed by atoms with Gasteiger partial charge in [0, 0.05) is 38.4 Å². The maximum Gasteiger partial charge on any atom is 0.326 e. The summed E-state index contributed by atoms with van der Waals surface area (Å²) in [5, 5.41) is 10.2. The molecule has 0 spiro atoms. The Morgan fingerprint density at radius 2 is 1.61 bits per heavy atom. The summed E-state index contributed by atoms with van der Waals surface area (Å²) in [5.41, 5.74) is 5.91. The molecule has 2 heterocycles. The molecule has 41 heavy (non-hydrogen) atoms. The molecule has 0 fully saturated rings. The Morgan fingerprint density at radius 3 is 2.15 bits per heavy atom. The van der Waals surface area contributed by atoms with Gasteiger partial charge in [-0.3, -0.25) is 4.79 Å². The first-order valence-electron chi connectivity index (χ1n) is 13.5. The van der Waals surface area contributed by atoms with Crippen LogP contribution in [0.5, 0.6) is 0 Å². The zero-order chi connectivity index (χ0) is 29.3. The van der Waals surface area contributed by atoms with Crippen LogP contribution in [-0.2, 0) is 35.5 Å². The van der Waals surface area contributed by atoms with Crippen LogP contribution in [0.1, 0.15) is 39.6 Å². The maximum atomic E-state index is 14.1. The molecule has 0 unspecified atom stereocenters. The first-order chi connectivity index (χ1) is 19.6. The zero-order valence-electron chi connectivity index (χ0n) is 23.2. The van der Waals surface area contributed by atoms with Crippen molar-refractivity contribution in [1.29, 1.82) is 0 Å². The van der Waals surface area contributed by atoms with Crippen molar-refractivity contribution in [1.82, 2.24) is 14.5 Å². The van der Waals surface area contributed by atoms with Gasteiger partial charge in [-0.2, -0.15) is 0 Å². The van der Waals surface area contributed by atoms with E-state index in [1.54, 1.807) is 6.33 Å². The lowest BCUT2D eigenvalue weighted by molar-refractivity contribution is -0.151. The molecule has 5 rings (SSSR count). The Labute approximate surface area is 237 Å². The van der Waals surface area contributed by atoms with E-state index in [2.05, 4.69) is 35.0 Å².